The van der Waals surface area contributed by atoms with E-state index in [2.05, 4.69) is 11.2 Å². The Morgan fingerprint density at radius 3 is 2.62 bits per heavy atom. The maximum absolute atomic E-state index is 11.2. The van der Waals surface area contributed by atoms with Gasteiger partial charge >= 0.3 is 0 Å². The van der Waals surface area contributed by atoms with Crippen LogP contribution in [0.15, 0.2) is 0 Å². The molecule has 3 heteroatoms. The van der Waals surface area contributed by atoms with Crippen LogP contribution in [-0.2, 0) is 4.79 Å². The molecule has 0 aromatic carbocycles. The summed E-state index contributed by atoms with van der Waals surface area (Å²) in [5, 5.41) is 2.75. The summed E-state index contributed by atoms with van der Waals surface area (Å²) in [5.41, 5.74) is 4.79. The van der Waals surface area contributed by atoms with Crippen molar-refractivity contribution in [2.75, 3.05) is 6.54 Å². The minimum atomic E-state index is -0.786. The molecule has 0 fully saturated rings. The molecule has 0 heterocycles. The smallest absolute Gasteiger partial charge is 0.239 e. The first kappa shape index (κ1) is 12.0. The molecule has 3 N–H and O–H groups in total. The van der Waals surface area contributed by atoms with Gasteiger partial charge in [-0.15, -0.1) is 12.3 Å². The standard InChI is InChI=1S/C10H18N2O/c1-4-5-6-7-8-12-9(13)10(2,3)11/h1H,5-8,11H2,2-3H3,(H,12,13). The highest BCUT2D eigenvalue weighted by molar-refractivity contribution is 5.84. The third-order valence-corrected chi connectivity index (χ3v) is 1.62. The lowest BCUT2D eigenvalue weighted by atomic mass is 10.1. The molecule has 0 aromatic rings. The molecular formula is C10H18N2O. The van der Waals surface area contributed by atoms with Crippen LogP contribution in [0.2, 0.25) is 0 Å². The maximum atomic E-state index is 11.2. The second kappa shape index (κ2) is 5.60. The van der Waals surface area contributed by atoms with Crippen molar-refractivity contribution < 1.29 is 4.79 Å². The highest BCUT2D eigenvalue weighted by Gasteiger charge is 2.20. The van der Waals surface area contributed by atoms with Crippen LogP contribution >= 0.6 is 0 Å². The third-order valence-electron chi connectivity index (χ3n) is 1.62. The van der Waals surface area contributed by atoms with Crippen molar-refractivity contribution in [2.45, 2.75) is 38.6 Å². The summed E-state index contributed by atoms with van der Waals surface area (Å²) in [7, 11) is 0. The molecular weight excluding hydrogens is 164 g/mol. The van der Waals surface area contributed by atoms with Gasteiger partial charge in [0.05, 0.1) is 5.54 Å². The highest BCUT2D eigenvalue weighted by atomic mass is 16.2. The maximum Gasteiger partial charge on any atom is 0.239 e. The Balaban J connectivity index is 3.45. The molecule has 0 radical (unpaired) electrons. The zero-order valence-corrected chi connectivity index (χ0v) is 8.39. The molecule has 0 saturated heterocycles. The van der Waals surface area contributed by atoms with Crippen molar-refractivity contribution in [3.63, 3.8) is 0 Å². The predicted molar refractivity (Wildman–Crippen MR) is 54.0 cm³/mol. The summed E-state index contributed by atoms with van der Waals surface area (Å²) in [5.74, 6) is 2.43. The van der Waals surface area contributed by atoms with E-state index in [1.165, 1.54) is 0 Å². The quantitative estimate of drug-likeness (QED) is 0.484. The van der Waals surface area contributed by atoms with Crippen molar-refractivity contribution >= 4 is 5.91 Å². The van der Waals surface area contributed by atoms with Crippen LogP contribution in [0.25, 0.3) is 0 Å². The molecule has 3 nitrogen and oxygen atoms in total. The van der Waals surface area contributed by atoms with E-state index in [0.29, 0.717) is 6.54 Å². The average Bonchev–Trinajstić information content (AvgIpc) is 2.02. The van der Waals surface area contributed by atoms with Crippen LogP contribution < -0.4 is 11.1 Å². The van der Waals surface area contributed by atoms with Crippen molar-refractivity contribution in [3.8, 4) is 12.3 Å². The molecule has 0 saturated carbocycles. The summed E-state index contributed by atoms with van der Waals surface area (Å²) in [4.78, 5) is 11.2. The van der Waals surface area contributed by atoms with Crippen LogP contribution in [0.3, 0.4) is 0 Å². The molecule has 0 aliphatic carbocycles. The van der Waals surface area contributed by atoms with Gasteiger partial charge < -0.3 is 11.1 Å². The number of carbonyl (C=O) groups excluding carboxylic acids is 1. The Labute approximate surface area is 80.1 Å². The number of rotatable bonds is 5. The molecule has 0 aromatic heterocycles. The number of hydrogen-bond donors (Lipinski definition) is 2. The first-order valence-electron chi connectivity index (χ1n) is 4.49. The van der Waals surface area contributed by atoms with Gasteiger partial charge in [-0.3, -0.25) is 4.79 Å². The van der Waals surface area contributed by atoms with Crippen molar-refractivity contribution in [2.24, 2.45) is 5.73 Å². The summed E-state index contributed by atoms with van der Waals surface area (Å²) < 4.78 is 0. The van der Waals surface area contributed by atoms with E-state index >= 15 is 0 Å². The van der Waals surface area contributed by atoms with E-state index in [9.17, 15) is 4.79 Å². The van der Waals surface area contributed by atoms with E-state index in [0.717, 1.165) is 19.3 Å². The third kappa shape index (κ3) is 6.18. The minimum Gasteiger partial charge on any atom is -0.355 e. The predicted octanol–water partition coefficient (Wildman–Crippen LogP) is 0.643. The number of hydrogen-bond acceptors (Lipinski definition) is 2. The van der Waals surface area contributed by atoms with Crippen molar-refractivity contribution in [1.29, 1.82) is 0 Å². The Kier molecular flexibility index (Phi) is 5.17. The highest BCUT2D eigenvalue weighted by Crippen LogP contribution is 1.97. The Morgan fingerprint density at radius 1 is 1.54 bits per heavy atom. The SMILES string of the molecule is C#CCCCCNC(=O)C(C)(C)N. The fraction of sp³-hybridized carbons (Fsp3) is 0.700. The van der Waals surface area contributed by atoms with E-state index in [4.69, 9.17) is 12.2 Å². The Morgan fingerprint density at radius 2 is 2.15 bits per heavy atom. The number of terminal acetylenes is 1. The normalized spacial score (nSPS) is 10.6. The van der Waals surface area contributed by atoms with Gasteiger partial charge in [0, 0.05) is 13.0 Å². The zero-order valence-electron chi connectivity index (χ0n) is 8.39. The monoisotopic (exact) mass is 182 g/mol. The lowest BCUT2D eigenvalue weighted by molar-refractivity contribution is -0.125. The molecule has 0 atom stereocenters. The number of nitrogens with two attached hydrogens (primary N) is 1. The molecule has 13 heavy (non-hydrogen) atoms. The Bertz CT molecular complexity index is 198. The van der Waals surface area contributed by atoms with Crippen LogP contribution in [0.5, 0.6) is 0 Å². The van der Waals surface area contributed by atoms with Gasteiger partial charge in [-0.2, -0.15) is 0 Å². The van der Waals surface area contributed by atoms with Gasteiger partial charge in [-0.05, 0) is 26.7 Å². The number of nitrogens with one attached hydrogen (secondary N) is 1. The second-order valence-electron chi connectivity index (χ2n) is 3.64. The molecule has 0 rings (SSSR count). The van der Waals surface area contributed by atoms with Gasteiger partial charge in [-0.1, -0.05) is 0 Å². The van der Waals surface area contributed by atoms with Gasteiger partial charge in [0.1, 0.15) is 0 Å². The van der Waals surface area contributed by atoms with E-state index < -0.39 is 5.54 Å². The first-order valence-corrected chi connectivity index (χ1v) is 4.49. The van der Waals surface area contributed by atoms with Gasteiger partial charge in [0.25, 0.3) is 0 Å². The summed E-state index contributed by atoms with van der Waals surface area (Å²) in [6.07, 6.45) is 7.70. The summed E-state index contributed by atoms with van der Waals surface area (Å²) in [6, 6.07) is 0. The number of amides is 1. The average molecular weight is 182 g/mol. The first-order chi connectivity index (χ1) is 5.98. The van der Waals surface area contributed by atoms with E-state index in [-0.39, 0.29) is 5.91 Å². The van der Waals surface area contributed by atoms with Crippen LogP contribution in [0, 0.1) is 12.3 Å². The van der Waals surface area contributed by atoms with Gasteiger partial charge in [0.2, 0.25) is 5.91 Å². The number of carbonyl (C=O) groups is 1. The number of unbranched alkanes of at least 4 members (excludes halogenated alkanes) is 2. The minimum absolute atomic E-state index is 0.117. The molecule has 0 aliphatic heterocycles. The summed E-state index contributed by atoms with van der Waals surface area (Å²) in [6.45, 7) is 4.02. The lowest BCUT2D eigenvalue weighted by Crippen LogP contribution is -2.49. The molecule has 0 spiro atoms. The second-order valence-corrected chi connectivity index (χ2v) is 3.64. The molecule has 0 aliphatic rings. The fourth-order valence-corrected chi connectivity index (χ4v) is 0.782. The molecule has 1 amide bonds. The van der Waals surface area contributed by atoms with E-state index in [1.807, 2.05) is 0 Å². The van der Waals surface area contributed by atoms with Crippen LogP contribution in [-0.4, -0.2) is 18.0 Å². The van der Waals surface area contributed by atoms with Crippen molar-refractivity contribution in [3.05, 3.63) is 0 Å². The van der Waals surface area contributed by atoms with Gasteiger partial charge in [0.15, 0.2) is 0 Å². The largest absolute Gasteiger partial charge is 0.355 e. The van der Waals surface area contributed by atoms with Gasteiger partial charge in [-0.25, -0.2) is 0 Å². The fourth-order valence-electron chi connectivity index (χ4n) is 0.782. The zero-order chi connectivity index (χ0) is 10.3. The molecule has 0 unspecified atom stereocenters. The molecule has 0 bridgehead atoms. The van der Waals surface area contributed by atoms with E-state index in [1.54, 1.807) is 13.8 Å². The van der Waals surface area contributed by atoms with Crippen LogP contribution in [0.1, 0.15) is 33.1 Å². The van der Waals surface area contributed by atoms with Crippen LogP contribution in [0.4, 0.5) is 0 Å². The lowest BCUT2D eigenvalue weighted by Gasteiger charge is -2.17. The Hall–Kier alpha value is -1.01. The molecule has 74 valence electrons. The summed E-state index contributed by atoms with van der Waals surface area (Å²) >= 11 is 0. The topological polar surface area (TPSA) is 55.1 Å². The van der Waals surface area contributed by atoms with Crippen molar-refractivity contribution in [1.82, 2.24) is 5.32 Å².